The molecule has 2 aromatic heterocycles. The Morgan fingerprint density at radius 2 is 1.90 bits per heavy atom. The Morgan fingerprint density at radius 3 is 2.71 bits per heavy atom. The van der Waals surface area contributed by atoms with Crippen LogP contribution in [0, 0.1) is 0 Å². The lowest BCUT2D eigenvalue weighted by Gasteiger charge is -2.35. The van der Waals surface area contributed by atoms with Crippen molar-refractivity contribution in [3.05, 3.63) is 54.0 Å². The van der Waals surface area contributed by atoms with Gasteiger partial charge in [-0.1, -0.05) is 12.1 Å². The third kappa shape index (κ3) is 3.66. The molecule has 3 aromatic rings. The predicted octanol–water partition coefficient (Wildman–Crippen LogP) is 3.29. The van der Waals surface area contributed by atoms with Crippen LogP contribution >= 0.6 is 0 Å². The number of carbonyl (C=O) groups is 1. The van der Waals surface area contributed by atoms with Crippen molar-refractivity contribution in [3.63, 3.8) is 0 Å². The molecule has 162 valence electrons. The summed E-state index contributed by atoms with van der Waals surface area (Å²) in [5.74, 6) is 1.10. The number of benzene rings is 1. The van der Waals surface area contributed by atoms with Crippen LogP contribution in [-0.4, -0.2) is 51.2 Å². The molecular formula is C21H19F3N4O3. The van der Waals surface area contributed by atoms with Crippen molar-refractivity contribution in [1.29, 1.82) is 0 Å². The van der Waals surface area contributed by atoms with E-state index in [1.807, 2.05) is 6.07 Å². The monoisotopic (exact) mass is 432 g/mol. The lowest BCUT2D eigenvalue weighted by molar-refractivity contribution is -0.142. The van der Waals surface area contributed by atoms with E-state index in [2.05, 4.69) is 10.2 Å². The fourth-order valence-electron chi connectivity index (χ4n) is 4.09. The molecule has 1 saturated heterocycles. The van der Waals surface area contributed by atoms with E-state index in [-0.39, 0.29) is 18.4 Å². The van der Waals surface area contributed by atoms with Crippen molar-refractivity contribution in [2.24, 2.45) is 0 Å². The quantitative estimate of drug-likeness (QED) is 0.622. The average molecular weight is 432 g/mol. The molecule has 2 aliphatic heterocycles. The summed E-state index contributed by atoms with van der Waals surface area (Å²) in [6.07, 6.45) is -2.81. The molecular weight excluding hydrogens is 413 g/mol. The molecule has 1 aromatic carbocycles. The molecule has 31 heavy (non-hydrogen) atoms. The number of halogens is 3. The van der Waals surface area contributed by atoms with E-state index in [4.69, 9.17) is 9.47 Å². The Balaban J connectivity index is 1.36. The van der Waals surface area contributed by atoms with E-state index < -0.39 is 17.8 Å². The number of alkyl halides is 3. The normalized spacial score (nSPS) is 21.3. The Bertz CT molecular complexity index is 1130. The Labute approximate surface area is 175 Å². The molecule has 7 nitrogen and oxygen atoms in total. The fraction of sp³-hybridized carbons (Fsp3) is 0.381. The smallest absolute Gasteiger partial charge is 0.417 e. The van der Waals surface area contributed by atoms with Crippen LogP contribution < -0.4 is 9.47 Å². The van der Waals surface area contributed by atoms with Crippen molar-refractivity contribution in [3.8, 4) is 11.5 Å². The van der Waals surface area contributed by atoms with Gasteiger partial charge in [-0.3, -0.25) is 9.20 Å². The molecule has 4 heterocycles. The van der Waals surface area contributed by atoms with Crippen LogP contribution in [0.1, 0.15) is 30.1 Å². The lowest BCUT2D eigenvalue weighted by atomic mass is 9.96. The van der Waals surface area contributed by atoms with Crippen molar-refractivity contribution < 1.29 is 27.4 Å². The molecule has 5 rings (SSSR count). The Morgan fingerprint density at radius 1 is 1.10 bits per heavy atom. The number of likely N-dealkylation sites (tertiary alicyclic amines) is 1. The number of ether oxygens (including phenoxy) is 2. The standard InChI is InChI=1S/C21H19F3N4O3/c22-21(23,24)14-7-8-18-25-26-19(28(18)11-14)13-4-3-9-27(10-13)20(29)17-12-30-15-5-1-2-6-16(15)31-17/h1-2,5-8,11,13,17H,3-4,9-10,12H2/t13-,17+/m0/s1. The minimum atomic E-state index is -4.46. The van der Waals surface area contributed by atoms with Crippen molar-refractivity contribution in [1.82, 2.24) is 19.5 Å². The second kappa shape index (κ2) is 7.44. The molecule has 0 unspecified atom stereocenters. The van der Waals surface area contributed by atoms with E-state index in [1.165, 1.54) is 10.5 Å². The predicted molar refractivity (Wildman–Crippen MR) is 103 cm³/mol. The van der Waals surface area contributed by atoms with Crippen molar-refractivity contribution in [2.45, 2.75) is 31.0 Å². The van der Waals surface area contributed by atoms with Crippen LogP contribution in [0.5, 0.6) is 11.5 Å². The van der Waals surface area contributed by atoms with Gasteiger partial charge in [-0.2, -0.15) is 13.2 Å². The molecule has 0 radical (unpaired) electrons. The minimum Gasteiger partial charge on any atom is -0.485 e. The van der Waals surface area contributed by atoms with Gasteiger partial charge < -0.3 is 14.4 Å². The number of piperidine rings is 1. The summed E-state index contributed by atoms with van der Waals surface area (Å²) in [5, 5.41) is 8.13. The van der Waals surface area contributed by atoms with Crippen LogP contribution in [0.4, 0.5) is 13.2 Å². The Hall–Kier alpha value is -3.30. The summed E-state index contributed by atoms with van der Waals surface area (Å²) in [5.41, 5.74) is -0.428. The first kappa shape index (κ1) is 19.7. The molecule has 0 spiro atoms. The van der Waals surface area contributed by atoms with Gasteiger partial charge in [0.2, 0.25) is 6.10 Å². The van der Waals surface area contributed by atoms with E-state index in [1.54, 1.807) is 23.1 Å². The summed E-state index contributed by atoms with van der Waals surface area (Å²) in [4.78, 5) is 14.7. The first-order valence-electron chi connectivity index (χ1n) is 9.99. The van der Waals surface area contributed by atoms with Gasteiger partial charge in [-0.25, -0.2) is 0 Å². The maximum atomic E-state index is 13.1. The molecule has 0 aliphatic carbocycles. The summed E-state index contributed by atoms with van der Waals surface area (Å²) in [6.45, 7) is 0.985. The van der Waals surface area contributed by atoms with E-state index in [9.17, 15) is 18.0 Å². The summed E-state index contributed by atoms with van der Waals surface area (Å²) in [6, 6.07) is 9.44. The summed E-state index contributed by atoms with van der Waals surface area (Å²) < 4.78 is 52.3. The molecule has 2 aliphatic rings. The topological polar surface area (TPSA) is 69.0 Å². The second-order valence-electron chi connectivity index (χ2n) is 7.69. The van der Waals surface area contributed by atoms with Gasteiger partial charge in [0, 0.05) is 25.2 Å². The van der Waals surface area contributed by atoms with Gasteiger partial charge in [-0.05, 0) is 37.1 Å². The lowest BCUT2D eigenvalue weighted by Crippen LogP contribution is -2.49. The van der Waals surface area contributed by atoms with Gasteiger partial charge in [0.05, 0.1) is 5.56 Å². The number of hydrogen-bond acceptors (Lipinski definition) is 5. The molecule has 2 atom stereocenters. The molecule has 1 fully saturated rings. The number of pyridine rings is 1. The largest absolute Gasteiger partial charge is 0.485 e. The number of amides is 1. The molecule has 0 saturated carbocycles. The number of nitrogens with zero attached hydrogens (tertiary/aromatic N) is 4. The van der Waals surface area contributed by atoms with Gasteiger partial charge >= 0.3 is 6.18 Å². The van der Waals surface area contributed by atoms with E-state index in [0.29, 0.717) is 48.9 Å². The minimum absolute atomic E-state index is 0.111. The third-order valence-corrected chi connectivity index (χ3v) is 5.64. The van der Waals surface area contributed by atoms with Crippen LogP contribution in [0.3, 0.4) is 0 Å². The summed E-state index contributed by atoms with van der Waals surface area (Å²) in [7, 11) is 0. The number of fused-ring (bicyclic) bond motifs is 2. The highest BCUT2D eigenvalue weighted by Gasteiger charge is 2.36. The van der Waals surface area contributed by atoms with Gasteiger partial charge in [-0.15, -0.1) is 10.2 Å². The van der Waals surface area contributed by atoms with Gasteiger partial charge in [0.25, 0.3) is 5.91 Å². The van der Waals surface area contributed by atoms with Gasteiger partial charge in [0.1, 0.15) is 12.4 Å². The van der Waals surface area contributed by atoms with E-state index in [0.717, 1.165) is 12.3 Å². The average Bonchev–Trinajstić information content (AvgIpc) is 3.21. The first-order valence-corrected chi connectivity index (χ1v) is 9.99. The third-order valence-electron chi connectivity index (χ3n) is 5.64. The van der Waals surface area contributed by atoms with Crippen molar-refractivity contribution in [2.75, 3.05) is 19.7 Å². The number of carbonyl (C=O) groups excluding carboxylic acids is 1. The second-order valence-corrected chi connectivity index (χ2v) is 7.69. The zero-order valence-corrected chi connectivity index (χ0v) is 16.4. The first-order chi connectivity index (χ1) is 14.9. The summed E-state index contributed by atoms with van der Waals surface area (Å²) >= 11 is 0. The van der Waals surface area contributed by atoms with Crippen LogP contribution in [0.25, 0.3) is 5.65 Å². The molecule has 0 bridgehead atoms. The zero-order chi connectivity index (χ0) is 21.6. The highest BCUT2D eigenvalue weighted by Crippen LogP contribution is 2.33. The number of hydrogen-bond donors (Lipinski definition) is 0. The van der Waals surface area contributed by atoms with Crippen LogP contribution in [0.15, 0.2) is 42.6 Å². The highest BCUT2D eigenvalue weighted by molar-refractivity contribution is 5.82. The van der Waals surface area contributed by atoms with Crippen molar-refractivity contribution >= 4 is 11.6 Å². The molecule has 10 heteroatoms. The maximum absolute atomic E-state index is 13.1. The number of aromatic nitrogens is 3. The maximum Gasteiger partial charge on any atom is 0.417 e. The fourth-order valence-corrected chi connectivity index (χ4v) is 4.09. The molecule has 1 amide bonds. The van der Waals surface area contributed by atoms with E-state index >= 15 is 0 Å². The molecule has 0 N–H and O–H groups in total. The SMILES string of the molecule is O=C([C@H]1COc2ccccc2O1)N1CCC[C@H](c2nnc3ccc(C(F)(F)F)cn23)C1. The number of rotatable bonds is 2. The Kier molecular flexibility index (Phi) is 4.71. The van der Waals surface area contributed by atoms with Gasteiger partial charge in [0.15, 0.2) is 17.1 Å². The highest BCUT2D eigenvalue weighted by atomic mass is 19.4. The van der Waals surface area contributed by atoms with Crippen LogP contribution in [-0.2, 0) is 11.0 Å². The number of para-hydroxylation sites is 2. The van der Waals surface area contributed by atoms with Crippen LogP contribution in [0.2, 0.25) is 0 Å². The zero-order valence-electron chi connectivity index (χ0n) is 16.4.